The molecule has 0 radical (unpaired) electrons. The van der Waals surface area contributed by atoms with Crippen molar-refractivity contribution in [2.75, 3.05) is 6.54 Å². The maximum Gasteiger partial charge on any atom is 0.251 e. The largest absolute Gasteiger partial charge is 0.350 e. The summed E-state index contributed by atoms with van der Waals surface area (Å²) < 4.78 is 1.88. The molecule has 2 heterocycles. The Kier molecular flexibility index (Phi) is 4.57. The molecule has 0 aliphatic carbocycles. The van der Waals surface area contributed by atoms with Crippen molar-refractivity contribution in [1.82, 2.24) is 15.1 Å². The monoisotopic (exact) mass is 325 g/mol. The predicted octanol–water partition coefficient (Wildman–Crippen LogP) is 3.58. The Morgan fingerprint density at radius 1 is 1.26 bits per heavy atom. The third-order valence-electron chi connectivity index (χ3n) is 3.66. The second kappa shape index (κ2) is 6.79. The van der Waals surface area contributed by atoms with Gasteiger partial charge in [-0.2, -0.15) is 5.10 Å². The lowest BCUT2D eigenvalue weighted by atomic mass is 10.1. The first-order valence-corrected chi connectivity index (χ1v) is 8.40. The molecule has 0 spiro atoms. The van der Waals surface area contributed by atoms with E-state index in [0.717, 1.165) is 11.1 Å². The number of carbonyl (C=O) groups is 1. The highest BCUT2D eigenvalue weighted by atomic mass is 32.1. The van der Waals surface area contributed by atoms with Crippen LogP contribution in [0.15, 0.2) is 54.2 Å². The Morgan fingerprint density at radius 3 is 2.65 bits per heavy atom. The van der Waals surface area contributed by atoms with E-state index in [1.54, 1.807) is 17.5 Å². The quantitative estimate of drug-likeness (QED) is 0.779. The smallest absolute Gasteiger partial charge is 0.251 e. The summed E-state index contributed by atoms with van der Waals surface area (Å²) in [5.74, 6) is -0.0505. The predicted molar refractivity (Wildman–Crippen MR) is 92.9 cm³/mol. The Bertz CT molecular complexity index is 724. The lowest BCUT2D eigenvalue weighted by Crippen LogP contribution is -2.31. The van der Waals surface area contributed by atoms with E-state index < -0.39 is 0 Å². The summed E-state index contributed by atoms with van der Waals surface area (Å²) in [6, 6.07) is 11.9. The fourth-order valence-electron chi connectivity index (χ4n) is 2.67. The highest BCUT2D eigenvalue weighted by Gasteiger charge is 2.17. The number of hydrogen-bond acceptors (Lipinski definition) is 3. The minimum atomic E-state index is -0.0505. The molecule has 0 fully saturated rings. The molecule has 1 unspecified atom stereocenters. The van der Waals surface area contributed by atoms with Crippen molar-refractivity contribution < 1.29 is 4.79 Å². The van der Waals surface area contributed by atoms with Crippen LogP contribution in [-0.4, -0.2) is 22.2 Å². The molecule has 1 N–H and O–H groups in total. The number of amides is 1. The molecular weight excluding hydrogens is 306 g/mol. The number of nitrogens with zero attached hydrogens (tertiary/aromatic N) is 2. The van der Waals surface area contributed by atoms with Crippen LogP contribution in [0, 0.1) is 13.8 Å². The molecule has 4 nitrogen and oxygen atoms in total. The van der Waals surface area contributed by atoms with E-state index in [0.29, 0.717) is 12.1 Å². The summed E-state index contributed by atoms with van der Waals surface area (Å²) >= 11 is 1.67. The third kappa shape index (κ3) is 3.68. The normalized spacial score (nSPS) is 12.1. The number of hydrogen-bond donors (Lipinski definition) is 1. The Labute approximate surface area is 139 Å². The molecule has 2 aromatic heterocycles. The van der Waals surface area contributed by atoms with Crippen LogP contribution in [0.1, 0.15) is 32.4 Å². The number of aromatic nitrogens is 2. The van der Waals surface area contributed by atoms with Gasteiger partial charge in [-0.3, -0.25) is 9.48 Å². The van der Waals surface area contributed by atoms with E-state index in [1.165, 1.54) is 4.88 Å². The van der Waals surface area contributed by atoms with Crippen molar-refractivity contribution in [3.63, 3.8) is 0 Å². The number of nitrogens with one attached hydrogen (secondary N) is 1. The third-order valence-corrected chi connectivity index (χ3v) is 4.63. The average molecular weight is 325 g/mol. The van der Waals surface area contributed by atoms with Gasteiger partial charge in [0.05, 0.1) is 0 Å². The van der Waals surface area contributed by atoms with Crippen LogP contribution in [-0.2, 0) is 0 Å². The Balaban J connectivity index is 1.75. The molecule has 118 valence electrons. The van der Waals surface area contributed by atoms with Crippen molar-refractivity contribution >= 4 is 17.2 Å². The minimum absolute atomic E-state index is 0.0138. The van der Waals surface area contributed by atoms with Crippen molar-refractivity contribution in [2.45, 2.75) is 19.9 Å². The first-order valence-electron chi connectivity index (χ1n) is 7.52. The van der Waals surface area contributed by atoms with Gasteiger partial charge in [-0.15, -0.1) is 11.3 Å². The number of aryl methyl sites for hydroxylation is 2. The van der Waals surface area contributed by atoms with Gasteiger partial charge in [0, 0.05) is 29.4 Å². The van der Waals surface area contributed by atoms with Gasteiger partial charge in [0.1, 0.15) is 6.04 Å². The fourth-order valence-corrected chi connectivity index (χ4v) is 3.49. The van der Waals surface area contributed by atoms with Gasteiger partial charge in [0.15, 0.2) is 0 Å². The molecule has 1 amide bonds. The van der Waals surface area contributed by atoms with Gasteiger partial charge in [0.2, 0.25) is 0 Å². The van der Waals surface area contributed by atoms with Crippen LogP contribution < -0.4 is 5.32 Å². The van der Waals surface area contributed by atoms with E-state index in [1.807, 2.05) is 54.4 Å². The van der Waals surface area contributed by atoms with E-state index in [9.17, 15) is 4.79 Å². The summed E-state index contributed by atoms with van der Waals surface area (Å²) in [6.45, 7) is 4.51. The van der Waals surface area contributed by atoms with Crippen LogP contribution in [0.3, 0.4) is 0 Å². The first-order chi connectivity index (χ1) is 11.1. The van der Waals surface area contributed by atoms with Crippen LogP contribution in [0.25, 0.3) is 0 Å². The Morgan fingerprint density at radius 2 is 2.04 bits per heavy atom. The topological polar surface area (TPSA) is 46.9 Å². The number of rotatable bonds is 5. The number of thiophene rings is 1. The van der Waals surface area contributed by atoms with E-state index in [2.05, 4.69) is 22.5 Å². The van der Waals surface area contributed by atoms with Crippen molar-refractivity contribution in [2.24, 2.45) is 0 Å². The van der Waals surface area contributed by atoms with Gasteiger partial charge in [-0.25, -0.2) is 0 Å². The Hall–Kier alpha value is -2.40. The summed E-state index contributed by atoms with van der Waals surface area (Å²) in [4.78, 5) is 13.6. The van der Waals surface area contributed by atoms with E-state index in [4.69, 9.17) is 0 Å². The minimum Gasteiger partial charge on any atom is -0.350 e. The molecule has 5 heteroatoms. The highest BCUT2D eigenvalue weighted by Crippen LogP contribution is 2.22. The second-order valence-electron chi connectivity index (χ2n) is 5.60. The zero-order valence-electron chi connectivity index (χ0n) is 13.2. The summed E-state index contributed by atoms with van der Waals surface area (Å²) in [5.41, 5.74) is 2.89. The molecule has 23 heavy (non-hydrogen) atoms. The summed E-state index contributed by atoms with van der Waals surface area (Å²) in [6.07, 6.45) is 3.68. The van der Waals surface area contributed by atoms with Crippen LogP contribution in [0.2, 0.25) is 0 Å². The van der Waals surface area contributed by atoms with Gasteiger partial charge in [-0.1, -0.05) is 23.3 Å². The molecule has 0 aliphatic rings. The number of benzene rings is 1. The van der Waals surface area contributed by atoms with Gasteiger partial charge in [0.25, 0.3) is 5.91 Å². The van der Waals surface area contributed by atoms with Crippen molar-refractivity contribution in [3.8, 4) is 0 Å². The lowest BCUT2D eigenvalue weighted by molar-refractivity contribution is 0.0949. The van der Waals surface area contributed by atoms with Crippen molar-refractivity contribution in [3.05, 3.63) is 75.7 Å². The number of carbonyl (C=O) groups excluding carboxylic acids is 1. The SMILES string of the molecule is Cc1cc(C)cc(C(=O)NCC(c2cccs2)n2cccn2)c1. The van der Waals surface area contributed by atoms with E-state index >= 15 is 0 Å². The van der Waals surface area contributed by atoms with Gasteiger partial charge in [-0.05, 0) is 43.5 Å². The fraction of sp³-hybridized carbons (Fsp3) is 0.222. The van der Waals surface area contributed by atoms with Gasteiger partial charge >= 0.3 is 0 Å². The van der Waals surface area contributed by atoms with Gasteiger partial charge < -0.3 is 5.32 Å². The maximum absolute atomic E-state index is 12.5. The molecule has 1 aromatic carbocycles. The molecule has 0 bridgehead atoms. The summed E-state index contributed by atoms with van der Waals surface area (Å²) in [5, 5.41) is 9.40. The molecule has 0 saturated heterocycles. The average Bonchev–Trinajstić information content (AvgIpc) is 3.20. The molecule has 3 aromatic rings. The molecule has 0 aliphatic heterocycles. The zero-order valence-corrected chi connectivity index (χ0v) is 14.0. The van der Waals surface area contributed by atoms with Crippen LogP contribution >= 0.6 is 11.3 Å². The van der Waals surface area contributed by atoms with Crippen molar-refractivity contribution in [1.29, 1.82) is 0 Å². The molecule has 1 atom stereocenters. The summed E-state index contributed by atoms with van der Waals surface area (Å²) in [7, 11) is 0. The van der Waals surface area contributed by atoms with Crippen LogP contribution in [0.4, 0.5) is 0 Å². The van der Waals surface area contributed by atoms with Crippen LogP contribution in [0.5, 0.6) is 0 Å². The molecule has 3 rings (SSSR count). The lowest BCUT2D eigenvalue weighted by Gasteiger charge is -2.17. The maximum atomic E-state index is 12.5. The zero-order chi connectivity index (χ0) is 16.2. The second-order valence-corrected chi connectivity index (χ2v) is 6.58. The first kappa shape index (κ1) is 15.5. The van der Waals surface area contributed by atoms with E-state index in [-0.39, 0.29) is 11.9 Å². The highest BCUT2D eigenvalue weighted by molar-refractivity contribution is 7.10. The molecule has 0 saturated carbocycles. The standard InChI is InChI=1S/C18H19N3OS/c1-13-9-14(2)11-15(10-13)18(22)19-12-16(17-5-3-8-23-17)21-7-4-6-20-21/h3-11,16H,12H2,1-2H3,(H,19,22). The molecular formula is C18H19N3OS.